The quantitative estimate of drug-likeness (QED) is 0.611. The Morgan fingerprint density at radius 3 is 2.82 bits per heavy atom. The number of hydrogen-bond donors (Lipinski definition) is 1. The van der Waals surface area contributed by atoms with E-state index in [1.165, 1.54) is 19.0 Å². The fraction of sp³-hybridized carbons (Fsp3) is 0.667. The van der Waals surface area contributed by atoms with Gasteiger partial charge in [-0.2, -0.15) is 0 Å². The van der Waals surface area contributed by atoms with E-state index in [4.69, 9.17) is 9.63 Å². The largest absolute Gasteiger partial charge is 0.386 e. The minimum atomic E-state index is -3.03. The van der Waals surface area contributed by atoms with Gasteiger partial charge in [0, 0.05) is 12.9 Å². The summed E-state index contributed by atoms with van der Waals surface area (Å²) in [5.74, 6) is 1.28. The third-order valence-electron chi connectivity index (χ3n) is 1.51. The molecule has 0 saturated carbocycles. The van der Waals surface area contributed by atoms with Gasteiger partial charge in [-0.1, -0.05) is 0 Å². The summed E-state index contributed by atoms with van der Waals surface area (Å²) in [4.78, 5) is 0. The molecule has 0 spiro atoms. The predicted octanol–water partition coefficient (Wildman–Crippen LogP) is 1.12. The summed E-state index contributed by atoms with van der Waals surface area (Å²) in [5, 5.41) is 9.12. The molecule has 11 heavy (non-hydrogen) atoms. The Balaban J connectivity index is 2.79. The van der Waals surface area contributed by atoms with Crippen molar-refractivity contribution in [2.45, 2.75) is 19.1 Å². The highest BCUT2D eigenvalue weighted by molar-refractivity contribution is 7.57. The van der Waals surface area contributed by atoms with E-state index < -0.39 is 19.8 Å². The summed E-state index contributed by atoms with van der Waals surface area (Å²) in [5.41, 5.74) is 0. The van der Waals surface area contributed by atoms with Crippen LogP contribution in [0, 0.1) is 0 Å². The summed E-state index contributed by atoms with van der Waals surface area (Å²) in [6.45, 7) is 1.64. The van der Waals surface area contributed by atoms with Gasteiger partial charge < -0.3 is 9.63 Å². The minimum absolute atomic E-state index is 0.467. The van der Waals surface area contributed by atoms with Crippen LogP contribution in [-0.4, -0.2) is 24.4 Å². The average Bonchev–Trinajstić information content (AvgIpc) is 1.98. The third kappa shape index (κ3) is 1.91. The summed E-state index contributed by atoms with van der Waals surface area (Å²) >= 11 is 0. The smallest absolute Gasteiger partial charge is 0.354 e. The minimum Gasteiger partial charge on any atom is -0.386 e. The Morgan fingerprint density at radius 2 is 2.36 bits per heavy atom. The van der Waals surface area contributed by atoms with Crippen molar-refractivity contribution >= 4 is 7.60 Å². The standard InChI is InChI=1S/C6H11O4P/c1-5-6(7)3-4-11(8,9-2)10-5/h3-7H,1-2H3/t5-,6-,11-/m1/s1. The molecule has 1 aliphatic heterocycles. The van der Waals surface area contributed by atoms with Crippen molar-refractivity contribution in [2.24, 2.45) is 0 Å². The Kier molecular flexibility index (Phi) is 2.50. The van der Waals surface area contributed by atoms with Crippen molar-refractivity contribution in [3.05, 3.63) is 11.9 Å². The van der Waals surface area contributed by atoms with Crippen LogP contribution in [0.5, 0.6) is 0 Å². The lowest BCUT2D eigenvalue weighted by Gasteiger charge is -2.25. The number of hydrogen-bond acceptors (Lipinski definition) is 4. The molecule has 0 amide bonds. The lowest BCUT2D eigenvalue weighted by molar-refractivity contribution is 0.0630. The number of aliphatic hydroxyl groups is 1. The van der Waals surface area contributed by atoms with Gasteiger partial charge in [0.05, 0.1) is 12.2 Å². The maximum Gasteiger partial charge on any atom is 0.354 e. The van der Waals surface area contributed by atoms with Gasteiger partial charge in [0.2, 0.25) is 0 Å². The molecule has 3 atom stereocenters. The monoisotopic (exact) mass is 178 g/mol. The third-order valence-corrected chi connectivity index (χ3v) is 3.19. The van der Waals surface area contributed by atoms with Gasteiger partial charge in [0.15, 0.2) is 0 Å². The molecule has 4 nitrogen and oxygen atoms in total. The lowest BCUT2D eigenvalue weighted by Crippen LogP contribution is -2.25. The second-order valence-electron chi connectivity index (χ2n) is 2.37. The SMILES string of the molecule is CO[P@]1(=O)C=C[C@@H](O)[C@@H](C)O1. The van der Waals surface area contributed by atoms with Crippen molar-refractivity contribution < 1.29 is 18.7 Å². The lowest BCUT2D eigenvalue weighted by atomic mass is 10.2. The van der Waals surface area contributed by atoms with Crippen LogP contribution in [0.3, 0.4) is 0 Å². The van der Waals surface area contributed by atoms with Gasteiger partial charge in [0.1, 0.15) is 0 Å². The average molecular weight is 178 g/mol. The van der Waals surface area contributed by atoms with E-state index >= 15 is 0 Å². The van der Waals surface area contributed by atoms with Crippen molar-refractivity contribution in [3.8, 4) is 0 Å². The fourth-order valence-electron chi connectivity index (χ4n) is 0.783. The van der Waals surface area contributed by atoms with Gasteiger partial charge in [-0.3, -0.25) is 9.09 Å². The molecule has 0 aromatic carbocycles. The maximum absolute atomic E-state index is 11.3. The molecule has 1 N–H and O–H groups in total. The molecule has 1 heterocycles. The summed E-state index contributed by atoms with van der Waals surface area (Å²) in [6, 6.07) is 0. The van der Waals surface area contributed by atoms with Crippen molar-refractivity contribution in [1.82, 2.24) is 0 Å². The normalized spacial score (nSPS) is 44.3. The zero-order valence-corrected chi connectivity index (χ0v) is 7.32. The molecule has 5 heteroatoms. The molecule has 0 bridgehead atoms. The Morgan fingerprint density at radius 1 is 1.73 bits per heavy atom. The van der Waals surface area contributed by atoms with Crippen LogP contribution >= 0.6 is 7.60 Å². The first-order valence-electron chi connectivity index (χ1n) is 3.29. The molecule has 0 fully saturated rings. The highest BCUT2D eigenvalue weighted by Gasteiger charge is 2.30. The number of rotatable bonds is 1. The van der Waals surface area contributed by atoms with Gasteiger partial charge in [-0.15, -0.1) is 0 Å². The van der Waals surface area contributed by atoms with Gasteiger partial charge >= 0.3 is 7.60 Å². The molecule has 0 aromatic rings. The van der Waals surface area contributed by atoms with Crippen LogP contribution in [0.2, 0.25) is 0 Å². The molecule has 64 valence electrons. The van der Waals surface area contributed by atoms with E-state index in [0.717, 1.165) is 0 Å². The molecular weight excluding hydrogens is 167 g/mol. The first-order chi connectivity index (χ1) is 5.07. The second-order valence-corrected chi connectivity index (χ2v) is 4.32. The van der Waals surface area contributed by atoms with E-state index in [2.05, 4.69) is 4.52 Å². The predicted molar refractivity (Wildman–Crippen MR) is 40.3 cm³/mol. The first kappa shape index (κ1) is 8.94. The Labute approximate surface area is 65.4 Å². The van der Waals surface area contributed by atoms with Crippen LogP contribution in [0.25, 0.3) is 0 Å². The highest BCUT2D eigenvalue weighted by Crippen LogP contribution is 2.52. The van der Waals surface area contributed by atoms with E-state index in [1.54, 1.807) is 6.92 Å². The fourth-order valence-corrected chi connectivity index (χ4v) is 2.04. The van der Waals surface area contributed by atoms with E-state index in [-0.39, 0.29) is 0 Å². The zero-order valence-electron chi connectivity index (χ0n) is 6.43. The van der Waals surface area contributed by atoms with Gasteiger partial charge in [-0.05, 0) is 13.0 Å². The Bertz CT molecular complexity index is 213. The highest BCUT2D eigenvalue weighted by atomic mass is 31.2. The van der Waals surface area contributed by atoms with Crippen LogP contribution in [0.4, 0.5) is 0 Å². The summed E-state index contributed by atoms with van der Waals surface area (Å²) in [6.07, 6.45) is 0.274. The Hall–Kier alpha value is -0.150. The van der Waals surface area contributed by atoms with Crippen molar-refractivity contribution in [2.75, 3.05) is 7.11 Å². The van der Waals surface area contributed by atoms with Crippen LogP contribution in [0.1, 0.15) is 6.92 Å². The van der Waals surface area contributed by atoms with Crippen LogP contribution in [0.15, 0.2) is 11.9 Å². The van der Waals surface area contributed by atoms with E-state index in [0.29, 0.717) is 0 Å². The van der Waals surface area contributed by atoms with Gasteiger partial charge in [0.25, 0.3) is 0 Å². The molecule has 0 unspecified atom stereocenters. The zero-order chi connectivity index (χ0) is 8.48. The summed E-state index contributed by atoms with van der Waals surface area (Å²) in [7, 11) is -1.71. The molecule has 1 rings (SSSR count). The van der Waals surface area contributed by atoms with Crippen molar-refractivity contribution in [1.29, 1.82) is 0 Å². The molecular formula is C6H11O4P. The van der Waals surface area contributed by atoms with Crippen LogP contribution < -0.4 is 0 Å². The van der Waals surface area contributed by atoms with Gasteiger partial charge in [-0.25, -0.2) is 0 Å². The summed E-state index contributed by atoms with van der Waals surface area (Å²) < 4.78 is 20.9. The number of aliphatic hydroxyl groups excluding tert-OH is 1. The van der Waals surface area contributed by atoms with Crippen molar-refractivity contribution in [3.63, 3.8) is 0 Å². The topological polar surface area (TPSA) is 55.8 Å². The molecule has 0 radical (unpaired) electrons. The maximum atomic E-state index is 11.3. The first-order valence-corrected chi connectivity index (χ1v) is 4.90. The van der Waals surface area contributed by atoms with E-state index in [9.17, 15) is 4.57 Å². The van der Waals surface area contributed by atoms with E-state index in [1.807, 2.05) is 0 Å². The van der Waals surface area contributed by atoms with Crippen LogP contribution in [-0.2, 0) is 13.6 Å². The molecule has 0 aromatic heterocycles. The molecule has 0 saturated heterocycles. The molecule has 1 aliphatic rings. The second kappa shape index (κ2) is 3.07. The molecule has 0 aliphatic carbocycles.